The van der Waals surface area contributed by atoms with Crippen LogP contribution in [0.25, 0.3) is 0 Å². The Morgan fingerprint density at radius 1 is 0.829 bits per heavy atom. The van der Waals surface area contributed by atoms with Gasteiger partial charge in [-0.25, -0.2) is 0 Å². The average Bonchev–Trinajstić information content (AvgIpc) is 2.88. The van der Waals surface area contributed by atoms with Crippen molar-refractivity contribution in [2.75, 3.05) is 0 Å². The number of esters is 3. The molecule has 35 heavy (non-hydrogen) atoms. The molecule has 0 saturated heterocycles. The van der Waals surface area contributed by atoms with Crippen LogP contribution < -0.4 is 0 Å². The predicted octanol–water partition coefficient (Wildman–Crippen LogP) is 1.51. The minimum Gasteiger partial charge on any atom is -0.459 e. The second-order valence-corrected chi connectivity index (χ2v) is 12.0. The molecule has 9 nitrogen and oxygen atoms in total. The van der Waals surface area contributed by atoms with Crippen molar-refractivity contribution in [3.05, 3.63) is 12.2 Å². The number of carbonyl (C=O) groups is 3. The van der Waals surface area contributed by atoms with Gasteiger partial charge in [0.15, 0.2) is 0 Å². The normalized spacial score (nSPS) is 47.8. The number of rotatable bonds is 3. The zero-order valence-electron chi connectivity index (χ0n) is 21.3. The second kappa shape index (κ2) is 8.28. The van der Waals surface area contributed by atoms with Gasteiger partial charge in [-0.15, -0.1) is 0 Å². The highest BCUT2D eigenvalue weighted by atomic mass is 16.6. The van der Waals surface area contributed by atoms with Crippen molar-refractivity contribution in [1.82, 2.24) is 0 Å². The molecule has 4 saturated carbocycles. The van der Waals surface area contributed by atoms with Crippen LogP contribution in [0.4, 0.5) is 0 Å². The molecule has 0 aromatic heterocycles. The van der Waals surface area contributed by atoms with Crippen LogP contribution in [0.15, 0.2) is 12.2 Å². The highest BCUT2D eigenvalue weighted by Gasteiger charge is 2.78. The highest BCUT2D eigenvalue weighted by Crippen LogP contribution is 2.73. The van der Waals surface area contributed by atoms with Crippen LogP contribution in [-0.4, -0.2) is 69.9 Å². The molecular weight excluding hydrogens is 456 g/mol. The number of ether oxygens (including phenoxy) is 3. The average molecular weight is 495 g/mol. The molecule has 11 unspecified atom stereocenters. The van der Waals surface area contributed by atoms with Gasteiger partial charge in [0.1, 0.15) is 18.3 Å². The van der Waals surface area contributed by atoms with Crippen LogP contribution in [0.1, 0.15) is 60.8 Å². The lowest BCUT2D eigenvalue weighted by Gasteiger charge is -2.69. The minimum absolute atomic E-state index is 0.136. The lowest BCUT2D eigenvalue weighted by atomic mass is 9.38. The molecule has 1 spiro atoms. The molecule has 4 aliphatic rings. The Bertz CT molecular complexity index is 943. The lowest BCUT2D eigenvalue weighted by Crippen LogP contribution is -2.76. The predicted molar refractivity (Wildman–Crippen MR) is 122 cm³/mol. The standard InChI is InChI=1S/C26H38O9/c1-11-15-8-16(30)19-25(7)10-17(31)22(34-13(3)28)24(5,6)20(25)18(33-12(2)27)23(35-14(4)29)26(19,9-15)21(11)32/h15-23,30-32H,1,8-10H2,2-7H3. The Morgan fingerprint density at radius 2 is 1.37 bits per heavy atom. The first-order valence-electron chi connectivity index (χ1n) is 12.3. The summed E-state index contributed by atoms with van der Waals surface area (Å²) in [4.78, 5) is 36.7. The maximum atomic E-state index is 12.4. The molecule has 2 bridgehead atoms. The lowest BCUT2D eigenvalue weighted by molar-refractivity contribution is -0.314. The molecule has 11 atom stereocenters. The molecule has 0 heterocycles. The summed E-state index contributed by atoms with van der Waals surface area (Å²) in [5.41, 5.74) is -2.40. The van der Waals surface area contributed by atoms with Crippen molar-refractivity contribution in [2.45, 2.75) is 97.4 Å². The van der Waals surface area contributed by atoms with E-state index in [0.29, 0.717) is 18.4 Å². The van der Waals surface area contributed by atoms with E-state index < -0.39 is 82.6 Å². The summed E-state index contributed by atoms with van der Waals surface area (Å²) in [6.07, 6.45) is -5.08. The third kappa shape index (κ3) is 3.56. The van der Waals surface area contributed by atoms with Gasteiger partial charge < -0.3 is 29.5 Å². The third-order valence-corrected chi connectivity index (χ3v) is 9.47. The van der Waals surface area contributed by atoms with E-state index in [1.165, 1.54) is 20.8 Å². The molecule has 0 aromatic carbocycles. The first kappa shape index (κ1) is 26.1. The molecule has 0 amide bonds. The fraction of sp³-hybridized carbons (Fsp3) is 0.808. The van der Waals surface area contributed by atoms with E-state index in [1.54, 1.807) is 0 Å². The van der Waals surface area contributed by atoms with E-state index in [4.69, 9.17) is 14.2 Å². The largest absolute Gasteiger partial charge is 0.459 e. The van der Waals surface area contributed by atoms with Crippen LogP contribution >= 0.6 is 0 Å². The molecule has 4 rings (SSSR count). The molecule has 9 heteroatoms. The molecule has 4 fully saturated rings. The molecule has 196 valence electrons. The van der Waals surface area contributed by atoms with Gasteiger partial charge in [0.2, 0.25) is 0 Å². The zero-order chi connectivity index (χ0) is 26.2. The highest BCUT2D eigenvalue weighted by molar-refractivity contribution is 5.68. The molecule has 0 radical (unpaired) electrons. The number of hydrogen-bond donors (Lipinski definition) is 3. The Kier molecular flexibility index (Phi) is 6.18. The van der Waals surface area contributed by atoms with Gasteiger partial charge in [-0.3, -0.25) is 14.4 Å². The van der Waals surface area contributed by atoms with Gasteiger partial charge >= 0.3 is 17.9 Å². The fourth-order valence-corrected chi connectivity index (χ4v) is 8.95. The summed E-state index contributed by atoms with van der Waals surface area (Å²) in [5, 5.41) is 34.4. The van der Waals surface area contributed by atoms with Gasteiger partial charge in [0.05, 0.1) is 18.3 Å². The Hall–Kier alpha value is -1.97. The van der Waals surface area contributed by atoms with Crippen molar-refractivity contribution in [1.29, 1.82) is 0 Å². The summed E-state index contributed by atoms with van der Waals surface area (Å²) in [6, 6.07) is 0. The molecule has 3 N–H and O–H groups in total. The van der Waals surface area contributed by atoms with Crippen molar-refractivity contribution in [2.24, 2.45) is 34.0 Å². The smallest absolute Gasteiger partial charge is 0.303 e. The van der Waals surface area contributed by atoms with Gasteiger partial charge in [-0.05, 0) is 36.2 Å². The minimum atomic E-state index is -1.15. The summed E-state index contributed by atoms with van der Waals surface area (Å²) < 4.78 is 17.4. The number of carbonyl (C=O) groups excluding carboxylic acids is 3. The van der Waals surface area contributed by atoms with Crippen molar-refractivity contribution < 1.29 is 43.9 Å². The van der Waals surface area contributed by atoms with Crippen molar-refractivity contribution in [3.8, 4) is 0 Å². The van der Waals surface area contributed by atoms with E-state index >= 15 is 0 Å². The Labute approximate surface area is 205 Å². The van der Waals surface area contributed by atoms with E-state index in [9.17, 15) is 29.7 Å². The molecule has 0 aromatic rings. The molecule has 4 aliphatic carbocycles. The maximum absolute atomic E-state index is 12.4. The van der Waals surface area contributed by atoms with Crippen molar-refractivity contribution >= 4 is 17.9 Å². The monoisotopic (exact) mass is 494 g/mol. The summed E-state index contributed by atoms with van der Waals surface area (Å²) >= 11 is 0. The van der Waals surface area contributed by atoms with E-state index in [1.807, 2.05) is 20.8 Å². The number of aliphatic hydroxyl groups is 3. The number of aliphatic hydroxyl groups excluding tert-OH is 3. The first-order chi connectivity index (χ1) is 16.1. The molecule has 0 aliphatic heterocycles. The van der Waals surface area contributed by atoms with Crippen LogP contribution in [-0.2, 0) is 28.6 Å². The van der Waals surface area contributed by atoms with Gasteiger partial charge in [-0.1, -0.05) is 27.4 Å². The molecular formula is C26H38O9. The van der Waals surface area contributed by atoms with E-state index in [0.717, 1.165) is 0 Å². The second-order valence-electron chi connectivity index (χ2n) is 12.0. The summed E-state index contributed by atoms with van der Waals surface area (Å²) in [6.45, 7) is 13.5. The van der Waals surface area contributed by atoms with E-state index in [2.05, 4.69) is 6.58 Å². The zero-order valence-corrected chi connectivity index (χ0v) is 21.3. The first-order valence-corrected chi connectivity index (χ1v) is 12.3. The Morgan fingerprint density at radius 3 is 1.91 bits per heavy atom. The van der Waals surface area contributed by atoms with Crippen LogP contribution in [0.3, 0.4) is 0 Å². The maximum Gasteiger partial charge on any atom is 0.303 e. The topological polar surface area (TPSA) is 140 Å². The van der Waals surface area contributed by atoms with Crippen LogP contribution in [0, 0.1) is 34.0 Å². The SMILES string of the molecule is C=C1C2CC(O)C3C4(C)CC(O)C(OC(C)=O)C(C)(C)C4C(OC(C)=O)C(OC(C)=O)C3(C2)C1O. The van der Waals surface area contributed by atoms with Crippen molar-refractivity contribution in [3.63, 3.8) is 0 Å². The van der Waals surface area contributed by atoms with Gasteiger partial charge in [0.25, 0.3) is 0 Å². The van der Waals surface area contributed by atoms with Gasteiger partial charge in [0, 0.05) is 43.4 Å². The summed E-state index contributed by atoms with van der Waals surface area (Å²) in [5.74, 6) is -3.11. The summed E-state index contributed by atoms with van der Waals surface area (Å²) in [7, 11) is 0. The number of hydrogen-bond acceptors (Lipinski definition) is 9. The number of fused-ring (bicyclic) bond motifs is 3. The van der Waals surface area contributed by atoms with Crippen LogP contribution in [0.2, 0.25) is 0 Å². The van der Waals surface area contributed by atoms with E-state index in [-0.39, 0.29) is 12.3 Å². The third-order valence-electron chi connectivity index (χ3n) is 9.47. The fourth-order valence-electron chi connectivity index (χ4n) is 8.95. The Balaban J connectivity index is 1.99. The van der Waals surface area contributed by atoms with Gasteiger partial charge in [-0.2, -0.15) is 0 Å². The quantitative estimate of drug-likeness (QED) is 0.303. The van der Waals surface area contributed by atoms with Crippen LogP contribution in [0.5, 0.6) is 0 Å².